The van der Waals surface area contributed by atoms with Gasteiger partial charge in [-0.3, -0.25) is 9.10 Å². The zero-order valence-electron chi connectivity index (χ0n) is 15.8. The van der Waals surface area contributed by atoms with Gasteiger partial charge in [0.15, 0.2) is 0 Å². The van der Waals surface area contributed by atoms with Crippen LogP contribution in [0.4, 0.5) is 5.69 Å². The maximum Gasteiger partial charge on any atom is 0.240 e. The molecular formula is C20H25ClN2O3S. The summed E-state index contributed by atoms with van der Waals surface area (Å²) in [6, 6.07) is 13.3. The predicted octanol–water partition coefficient (Wildman–Crippen LogP) is 3.47. The Morgan fingerprint density at radius 3 is 2.41 bits per heavy atom. The number of anilines is 1. The summed E-state index contributed by atoms with van der Waals surface area (Å²) >= 11 is 6.09. The zero-order chi connectivity index (χ0) is 20.0. The number of nitrogens with one attached hydrogen (secondary N) is 1. The predicted molar refractivity (Wildman–Crippen MR) is 111 cm³/mol. The fraction of sp³-hybridized carbons (Fsp3) is 0.350. The minimum Gasteiger partial charge on any atom is -0.355 e. The lowest BCUT2D eigenvalue weighted by molar-refractivity contribution is -0.119. The van der Waals surface area contributed by atoms with Gasteiger partial charge in [0.2, 0.25) is 15.9 Å². The molecule has 0 atom stereocenters. The van der Waals surface area contributed by atoms with Crippen LogP contribution in [0.3, 0.4) is 0 Å². The molecule has 1 N–H and O–H groups in total. The molecule has 0 spiro atoms. The zero-order valence-corrected chi connectivity index (χ0v) is 17.4. The summed E-state index contributed by atoms with van der Waals surface area (Å²) in [5.74, 6) is -0.344. The average molecular weight is 409 g/mol. The highest BCUT2D eigenvalue weighted by atomic mass is 35.5. The molecule has 1 amide bonds. The van der Waals surface area contributed by atoms with Crippen LogP contribution in [0, 0.1) is 13.8 Å². The van der Waals surface area contributed by atoms with Crippen molar-refractivity contribution in [3.63, 3.8) is 0 Å². The molecule has 2 rings (SSSR count). The number of amides is 1. The molecule has 7 heteroatoms. The van der Waals surface area contributed by atoms with Crippen molar-refractivity contribution in [2.45, 2.75) is 26.7 Å². The molecule has 0 radical (unpaired) electrons. The molecule has 0 aromatic heterocycles. The van der Waals surface area contributed by atoms with Crippen LogP contribution in [0.1, 0.15) is 23.1 Å². The highest BCUT2D eigenvalue weighted by molar-refractivity contribution is 7.92. The molecule has 0 saturated heterocycles. The summed E-state index contributed by atoms with van der Waals surface area (Å²) in [6.07, 6.45) is 2.71. The lowest BCUT2D eigenvalue weighted by atomic mass is 10.1. The third-order valence-electron chi connectivity index (χ3n) is 4.28. The minimum absolute atomic E-state index is 0.273. The topological polar surface area (TPSA) is 66.5 Å². The standard InChI is InChI=1S/C20H25ClN2O3S/c1-15-9-11-17(12-10-15)6-5-13-22-20(24)14-23(27(3,25)26)19-8-4-7-18(21)16(19)2/h4,7-12H,5-6,13-14H2,1-3H3,(H,22,24). The molecule has 0 aliphatic rings. The van der Waals surface area contributed by atoms with Crippen LogP contribution in [0.2, 0.25) is 5.02 Å². The van der Waals surface area contributed by atoms with Gasteiger partial charge in [0.1, 0.15) is 6.54 Å². The first-order chi connectivity index (χ1) is 12.7. The summed E-state index contributed by atoms with van der Waals surface area (Å²) < 4.78 is 25.4. The Kier molecular flexibility index (Phi) is 7.27. The van der Waals surface area contributed by atoms with Gasteiger partial charge in [-0.2, -0.15) is 0 Å². The molecule has 5 nitrogen and oxygen atoms in total. The Balaban J connectivity index is 1.94. The fourth-order valence-corrected chi connectivity index (χ4v) is 3.79. The van der Waals surface area contributed by atoms with E-state index >= 15 is 0 Å². The monoisotopic (exact) mass is 408 g/mol. The van der Waals surface area contributed by atoms with Crippen molar-refractivity contribution in [3.05, 3.63) is 64.2 Å². The van der Waals surface area contributed by atoms with Crippen LogP contribution < -0.4 is 9.62 Å². The molecule has 0 heterocycles. The van der Waals surface area contributed by atoms with Crippen molar-refractivity contribution in [1.29, 1.82) is 0 Å². The fourth-order valence-electron chi connectivity index (χ4n) is 2.71. The molecule has 0 aliphatic carbocycles. The van der Waals surface area contributed by atoms with Gasteiger partial charge >= 0.3 is 0 Å². The number of hydrogen-bond donors (Lipinski definition) is 1. The first-order valence-corrected chi connectivity index (χ1v) is 11.0. The first kappa shape index (κ1) is 21.3. The second-order valence-electron chi connectivity index (χ2n) is 6.59. The van der Waals surface area contributed by atoms with E-state index in [1.165, 1.54) is 11.1 Å². The Bertz CT molecular complexity index is 896. The largest absolute Gasteiger partial charge is 0.355 e. The van der Waals surface area contributed by atoms with Crippen molar-refractivity contribution in [1.82, 2.24) is 5.32 Å². The maximum atomic E-state index is 12.3. The number of carbonyl (C=O) groups is 1. The molecule has 0 bridgehead atoms. The Morgan fingerprint density at radius 1 is 1.11 bits per heavy atom. The lowest BCUT2D eigenvalue weighted by Crippen LogP contribution is -2.41. The van der Waals surface area contributed by atoms with Gasteiger partial charge in [0.05, 0.1) is 11.9 Å². The summed E-state index contributed by atoms with van der Waals surface area (Å²) in [5.41, 5.74) is 3.46. The number of rotatable bonds is 8. The number of halogens is 1. The minimum atomic E-state index is -3.62. The normalized spacial score (nSPS) is 11.3. The van der Waals surface area contributed by atoms with Crippen molar-refractivity contribution in [2.24, 2.45) is 0 Å². The average Bonchev–Trinajstić information content (AvgIpc) is 2.60. The third kappa shape index (κ3) is 6.26. The van der Waals surface area contributed by atoms with Gasteiger partial charge in [0, 0.05) is 11.6 Å². The van der Waals surface area contributed by atoms with E-state index < -0.39 is 10.0 Å². The summed E-state index contributed by atoms with van der Waals surface area (Å²) in [7, 11) is -3.62. The van der Waals surface area contributed by atoms with Crippen LogP contribution in [-0.2, 0) is 21.2 Å². The van der Waals surface area contributed by atoms with Gasteiger partial charge in [-0.15, -0.1) is 0 Å². The molecule has 0 fully saturated rings. The molecule has 0 aliphatic heterocycles. The Morgan fingerprint density at radius 2 is 1.78 bits per heavy atom. The van der Waals surface area contributed by atoms with Gasteiger partial charge in [0.25, 0.3) is 0 Å². The number of benzene rings is 2. The van der Waals surface area contributed by atoms with Crippen LogP contribution in [-0.4, -0.2) is 33.7 Å². The number of nitrogens with zero attached hydrogens (tertiary/aromatic N) is 1. The van der Waals surface area contributed by atoms with Crippen molar-refractivity contribution in [2.75, 3.05) is 23.7 Å². The molecule has 27 heavy (non-hydrogen) atoms. The van der Waals surface area contributed by atoms with E-state index in [2.05, 4.69) is 29.6 Å². The van der Waals surface area contributed by atoms with Gasteiger partial charge in [-0.05, 0) is 49.9 Å². The third-order valence-corrected chi connectivity index (χ3v) is 5.82. The van der Waals surface area contributed by atoms with Crippen LogP contribution in [0.25, 0.3) is 0 Å². The molecule has 2 aromatic carbocycles. The highest BCUT2D eigenvalue weighted by Gasteiger charge is 2.22. The highest BCUT2D eigenvalue weighted by Crippen LogP contribution is 2.27. The van der Waals surface area contributed by atoms with E-state index in [0.717, 1.165) is 23.4 Å². The Labute approximate surface area is 166 Å². The number of carbonyl (C=O) groups excluding carboxylic acids is 1. The first-order valence-electron chi connectivity index (χ1n) is 8.73. The lowest BCUT2D eigenvalue weighted by Gasteiger charge is -2.24. The van der Waals surface area contributed by atoms with E-state index in [9.17, 15) is 13.2 Å². The van der Waals surface area contributed by atoms with Crippen molar-refractivity contribution in [3.8, 4) is 0 Å². The smallest absolute Gasteiger partial charge is 0.240 e. The summed E-state index contributed by atoms with van der Waals surface area (Å²) in [4.78, 5) is 12.3. The van der Waals surface area contributed by atoms with E-state index in [1.807, 2.05) is 6.92 Å². The molecule has 146 valence electrons. The second-order valence-corrected chi connectivity index (χ2v) is 8.91. The molecule has 0 unspecified atom stereocenters. The van der Waals surface area contributed by atoms with Gasteiger partial charge < -0.3 is 5.32 Å². The maximum absolute atomic E-state index is 12.3. The molecule has 2 aromatic rings. The SMILES string of the molecule is Cc1ccc(CCCNC(=O)CN(c2cccc(Cl)c2C)S(C)(=O)=O)cc1. The van der Waals surface area contributed by atoms with Crippen molar-refractivity contribution >= 4 is 33.2 Å². The van der Waals surface area contributed by atoms with Crippen LogP contribution in [0.5, 0.6) is 0 Å². The summed E-state index contributed by atoms with van der Waals surface area (Å²) in [6.45, 7) is 3.98. The van der Waals surface area contributed by atoms with Crippen molar-refractivity contribution < 1.29 is 13.2 Å². The number of hydrogen-bond acceptors (Lipinski definition) is 3. The van der Waals surface area contributed by atoms with Gasteiger partial charge in [-0.25, -0.2) is 8.42 Å². The van der Waals surface area contributed by atoms with E-state index in [1.54, 1.807) is 25.1 Å². The van der Waals surface area contributed by atoms with Gasteiger partial charge in [-0.1, -0.05) is 47.5 Å². The molecule has 0 saturated carbocycles. The number of sulfonamides is 1. The van der Waals surface area contributed by atoms with E-state index in [-0.39, 0.29) is 12.5 Å². The van der Waals surface area contributed by atoms with E-state index in [4.69, 9.17) is 11.6 Å². The van der Waals surface area contributed by atoms with E-state index in [0.29, 0.717) is 22.8 Å². The second kappa shape index (κ2) is 9.24. The molecular weight excluding hydrogens is 384 g/mol. The summed E-state index contributed by atoms with van der Waals surface area (Å²) in [5, 5.41) is 3.25. The quantitative estimate of drug-likeness (QED) is 0.680. The Hall–Kier alpha value is -2.05. The van der Waals surface area contributed by atoms with Crippen LogP contribution >= 0.6 is 11.6 Å². The number of aryl methyl sites for hydroxylation is 2. The van der Waals surface area contributed by atoms with Crippen LogP contribution in [0.15, 0.2) is 42.5 Å².